The van der Waals surface area contributed by atoms with Crippen LogP contribution in [0.5, 0.6) is 5.75 Å². The molecule has 2 aromatic rings. The van der Waals surface area contributed by atoms with Crippen LogP contribution in [0.25, 0.3) is 11.1 Å². The molecule has 0 aliphatic heterocycles. The van der Waals surface area contributed by atoms with Gasteiger partial charge >= 0.3 is 0 Å². The van der Waals surface area contributed by atoms with Gasteiger partial charge in [0.25, 0.3) is 0 Å². The molecular formula is C16H17FO. The molecule has 1 nitrogen and oxygen atoms in total. The summed E-state index contributed by atoms with van der Waals surface area (Å²) in [6.07, 6.45) is 0. The van der Waals surface area contributed by atoms with Crippen LogP contribution in [0.1, 0.15) is 25.3 Å². The number of hydrogen-bond acceptors (Lipinski definition) is 1. The van der Waals surface area contributed by atoms with E-state index in [1.807, 2.05) is 44.2 Å². The zero-order chi connectivity index (χ0) is 13.1. The lowest BCUT2D eigenvalue weighted by atomic mass is 9.92. The van der Waals surface area contributed by atoms with Crippen molar-refractivity contribution in [3.63, 3.8) is 0 Å². The van der Waals surface area contributed by atoms with E-state index >= 15 is 0 Å². The van der Waals surface area contributed by atoms with Crippen LogP contribution in [0, 0.1) is 5.82 Å². The van der Waals surface area contributed by atoms with E-state index in [2.05, 4.69) is 0 Å². The van der Waals surface area contributed by atoms with Gasteiger partial charge in [0.2, 0.25) is 0 Å². The van der Waals surface area contributed by atoms with Crippen LogP contribution in [0.2, 0.25) is 0 Å². The highest BCUT2D eigenvalue weighted by molar-refractivity contribution is 5.68. The fourth-order valence-electron chi connectivity index (χ4n) is 2.15. The van der Waals surface area contributed by atoms with Gasteiger partial charge in [0.15, 0.2) is 0 Å². The van der Waals surface area contributed by atoms with Crippen LogP contribution in [0.4, 0.5) is 4.39 Å². The third-order valence-electron chi connectivity index (χ3n) is 3.03. The summed E-state index contributed by atoms with van der Waals surface area (Å²) in [5.74, 6) is 0.822. The summed E-state index contributed by atoms with van der Waals surface area (Å²) in [6, 6.07) is 12.9. The van der Waals surface area contributed by atoms with Gasteiger partial charge < -0.3 is 4.74 Å². The largest absolute Gasteiger partial charge is 0.497 e. The summed E-state index contributed by atoms with van der Waals surface area (Å²) in [5.41, 5.74) is 2.73. The van der Waals surface area contributed by atoms with E-state index in [-0.39, 0.29) is 11.7 Å². The molecule has 2 rings (SSSR count). The summed E-state index contributed by atoms with van der Waals surface area (Å²) in [4.78, 5) is 0. The molecule has 0 aliphatic carbocycles. The lowest BCUT2D eigenvalue weighted by Crippen LogP contribution is -1.97. The summed E-state index contributed by atoms with van der Waals surface area (Å²) in [6.45, 7) is 4.01. The molecule has 0 spiro atoms. The molecule has 0 fully saturated rings. The van der Waals surface area contributed by atoms with Gasteiger partial charge in [-0.3, -0.25) is 0 Å². The van der Waals surface area contributed by atoms with E-state index in [0.29, 0.717) is 0 Å². The van der Waals surface area contributed by atoms with Crippen molar-refractivity contribution in [2.75, 3.05) is 7.11 Å². The van der Waals surface area contributed by atoms with Gasteiger partial charge in [-0.25, -0.2) is 4.39 Å². The van der Waals surface area contributed by atoms with Crippen LogP contribution in [-0.4, -0.2) is 7.11 Å². The Balaban J connectivity index is 2.52. The molecular weight excluding hydrogens is 227 g/mol. The van der Waals surface area contributed by atoms with Crippen molar-refractivity contribution in [3.8, 4) is 16.9 Å². The predicted octanol–water partition coefficient (Wildman–Crippen LogP) is 4.62. The molecule has 0 saturated heterocycles. The normalized spacial score (nSPS) is 10.7. The predicted molar refractivity (Wildman–Crippen MR) is 72.5 cm³/mol. The Morgan fingerprint density at radius 2 is 1.67 bits per heavy atom. The Labute approximate surface area is 107 Å². The van der Waals surface area contributed by atoms with E-state index in [1.54, 1.807) is 13.2 Å². The Morgan fingerprint density at radius 3 is 2.22 bits per heavy atom. The minimum absolute atomic E-state index is 0.140. The third-order valence-corrected chi connectivity index (χ3v) is 3.03. The molecule has 0 bridgehead atoms. The van der Waals surface area contributed by atoms with Crippen LogP contribution in [0.15, 0.2) is 42.5 Å². The van der Waals surface area contributed by atoms with Crippen molar-refractivity contribution in [3.05, 3.63) is 53.8 Å². The summed E-state index contributed by atoms with van der Waals surface area (Å²) in [5, 5.41) is 0. The van der Waals surface area contributed by atoms with E-state index in [0.717, 1.165) is 22.4 Å². The molecule has 0 amide bonds. The minimum atomic E-state index is -0.140. The number of ether oxygens (including phenoxy) is 1. The first-order valence-electron chi connectivity index (χ1n) is 6.06. The minimum Gasteiger partial charge on any atom is -0.497 e. The lowest BCUT2D eigenvalue weighted by molar-refractivity contribution is 0.415. The maximum absolute atomic E-state index is 13.9. The van der Waals surface area contributed by atoms with Crippen molar-refractivity contribution in [1.29, 1.82) is 0 Å². The average molecular weight is 244 g/mol. The number of methoxy groups -OCH3 is 1. The molecule has 18 heavy (non-hydrogen) atoms. The first kappa shape index (κ1) is 12.6. The van der Waals surface area contributed by atoms with Crippen LogP contribution < -0.4 is 4.74 Å². The zero-order valence-electron chi connectivity index (χ0n) is 10.9. The van der Waals surface area contributed by atoms with Gasteiger partial charge in [0, 0.05) is 0 Å². The van der Waals surface area contributed by atoms with E-state index in [9.17, 15) is 4.39 Å². The number of rotatable bonds is 3. The molecule has 2 aromatic carbocycles. The van der Waals surface area contributed by atoms with Crippen LogP contribution in [-0.2, 0) is 0 Å². The SMILES string of the molecule is COc1ccc(-c2cccc(F)c2C(C)C)cc1. The molecule has 0 N–H and O–H groups in total. The summed E-state index contributed by atoms with van der Waals surface area (Å²) in [7, 11) is 1.64. The molecule has 94 valence electrons. The first-order chi connectivity index (χ1) is 8.63. The lowest BCUT2D eigenvalue weighted by Gasteiger charge is -2.14. The number of benzene rings is 2. The number of hydrogen-bond donors (Lipinski definition) is 0. The molecule has 0 unspecified atom stereocenters. The molecule has 0 saturated carbocycles. The second-order valence-corrected chi connectivity index (χ2v) is 4.58. The third kappa shape index (κ3) is 2.37. The van der Waals surface area contributed by atoms with Gasteiger partial charge in [-0.1, -0.05) is 38.1 Å². The molecule has 0 aliphatic rings. The second kappa shape index (κ2) is 5.21. The summed E-state index contributed by atoms with van der Waals surface area (Å²) >= 11 is 0. The molecule has 2 heteroatoms. The highest BCUT2D eigenvalue weighted by Gasteiger charge is 2.13. The van der Waals surface area contributed by atoms with Crippen molar-refractivity contribution in [2.24, 2.45) is 0 Å². The van der Waals surface area contributed by atoms with Gasteiger partial charge in [0.05, 0.1) is 7.11 Å². The van der Waals surface area contributed by atoms with Gasteiger partial charge in [-0.15, -0.1) is 0 Å². The van der Waals surface area contributed by atoms with E-state index in [1.165, 1.54) is 6.07 Å². The maximum atomic E-state index is 13.9. The molecule has 0 atom stereocenters. The topological polar surface area (TPSA) is 9.23 Å². The van der Waals surface area contributed by atoms with Crippen molar-refractivity contribution < 1.29 is 9.13 Å². The highest BCUT2D eigenvalue weighted by Crippen LogP contribution is 2.32. The maximum Gasteiger partial charge on any atom is 0.127 e. The first-order valence-corrected chi connectivity index (χ1v) is 6.06. The fourth-order valence-corrected chi connectivity index (χ4v) is 2.15. The Morgan fingerprint density at radius 1 is 1.00 bits per heavy atom. The average Bonchev–Trinajstić information content (AvgIpc) is 2.38. The fraction of sp³-hybridized carbons (Fsp3) is 0.250. The number of halogens is 1. The van der Waals surface area contributed by atoms with Gasteiger partial charge in [0.1, 0.15) is 11.6 Å². The van der Waals surface area contributed by atoms with Crippen LogP contribution >= 0.6 is 0 Å². The second-order valence-electron chi connectivity index (χ2n) is 4.58. The van der Waals surface area contributed by atoms with Crippen molar-refractivity contribution >= 4 is 0 Å². The van der Waals surface area contributed by atoms with E-state index in [4.69, 9.17) is 4.74 Å². The standard InChI is InChI=1S/C16H17FO/c1-11(2)16-14(5-4-6-15(16)17)12-7-9-13(18-3)10-8-12/h4-11H,1-3H3. The zero-order valence-corrected chi connectivity index (χ0v) is 10.9. The molecule has 0 radical (unpaired) electrons. The molecule has 0 heterocycles. The summed E-state index contributed by atoms with van der Waals surface area (Å²) < 4.78 is 19.0. The highest BCUT2D eigenvalue weighted by atomic mass is 19.1. The van der Waals surface area contributed by atoms with Gasteiger partial charge in [-0.2, -0.15) is 0 Å². The van der Waals surface area contributed by atoms with Gasteiger partial charge in [-0.05, 0) is 40.8 Å². The Hall–Kier alpha value is -1.83. The van der Waals surface area contributed by atoms with Crippen molar-refractivity contribution in [1.82, 2.24) is 0 Å². The smallest absolute Gasteiger partial charge is 0.127 e. The monoisotopic (exact) mass is 244 g/mol. The van der Waals surface area contributed by atoms with Crippen molar-refractivity contribution in [2.45, 2.75) is 19.8 Å². The van der Waals surface area contributed by atoms with E-state index < -0.39 is 0 Å². The quantitative estimate of drug-likeness (QED) is 0.765. The van der Waals surface area contributed by atoms with Crippen LogP contribution in [0.3, 0.4) is 0 Å². The Kier molecular flexibility index (Phi) is 3.66. The Bertz CT molecular complexity index is 529. The molecule has 0 aromatic heterocycles.